The minimum Gasteiger partial charge on any atom is -0.493 e. The summed E-state index contributed by atoms with van der Waals surface area (Å²) in [5, 5.41) is 5.78. The molecule has 0 saturated carbocycles. The van der Waals surface area contributed by atoms with Crippen LogP contribution in [0.4, 0.5) is 10.5 Å². The minimum atomic E-state index is -0.653. The third-order valence-corrected chi connectivity index (χ3v) is 9.18. The zero-order valence-electron chi connectivity index (χ0n) is 25.3. The summed E-state index contributed by atoms with van der Waals surface area (Å²) in [4.78, 5) is 45.4. The predicted octanol–water partition coefficient (Wildman–Crippen LogP) is 8.26. The van der Waals surface area contributed by atoms with E-state index in [0.29, 0.717) is 55.8 Å². The lowest BCUT2D eigenvalue weighted by Crippen LogP contribution is -2.26. The summed E-state index contributed by atoms with van der Waals surface area (Å²) in [6, 6.07) is 14.5. The fourth-order valence-corrected chi connectivity index (χ4v) is 6.83. The summed E-state index contributed by atoms with van der Waals surface area (Å²) in [5.74, 6) is -0.400. The maximum Gasteiger partial charge on any atom is 0.418 e. The monoisotopic (exact) mass is 687 g/mol. The van der Waals surface area contributed by atoms with Gasteiger partial charge in [-0.1, -0.05) is 6.07 Å². The van der Waals surface area contributed by atoms with Crippen molar-refractivity contribution in [3.8, 4) is 27.3 Å². The molecular formula is C34H30BrN3O6S. The topological polar surface area (TPSA) is 109 Å². The molecule has 230 valence electrons. The molecule has 0 bridgehead atoms. The number of carbonyl (C=O) groups is 3. The lowest BCUT2D eigenvalue weighted by molar-refractivity contribution is 0.0542. The number of esters is 1. The van der Waals surface area contributed by atoms with Gasteiger partial charge in [0.25, 0.3) is 5.91 Å². The number of halogens is 1. The molecule has 9 nitrogen and oxygen atoms in total. The average Bonchev–Trinajstić information content (AvgIpc) is 3.61. The van der Waals surface area contributed by atoms with Crippen LogP contribution in [0, 0.1) is 6.92 Å². The molecule has 11 heteroatoms. The number of hydrogen-bond donors (Lipinski definition) is 1. The number of pyridine rings is 1. The molecule has 6 rings (SSSR count). The fourth-order valence-electron chi connectivity index (χ4n) is 5.29. The Kier molecular flexibility index (Phi) is 8.00. The molecule has 5 aromatic rings. The highest BCUT2D eigenvalue weighted by Gasteiger charge is 2.27. The SMILES string of the molecule is COC(=O)c1nc(C)ccc1-c1cc2c(cc1C(=O)Nc1ccc3c(ccn3C(=O)OC(C)(C)C)c1Br)-c1sccc1CCO2. The van der Waals surface area contributed by atoms with Gasteiger partial charge in [0.2, 0.25) is 0 Å². The number of thiophene rings is 1. The molecule has 4 heterocycles. The zero-order valence-corrected chi connectivity index (χ0v) is 27.7. The molecule has 45 heavy (non-hydrogen) atoms. The van der Waals surface area contributed by atoms with Gasteiger partial charge in [-0.05, 0) is 97.0 Å². The molecule has 0 spiro atoms. The second-order valence-electron chi connectivity index (χ2n) is 11.6. The van der Waals surface area contributed by atoms with Crippen molar-refractivity contribution < 1.29 is 28.6 Å². The number of hydrogen-bond acceptors (Lipinski definition) is 8. The Morgan fingerprint density at radius 1 is 1.04 bits per heavy atom. The van der Waals surface area contributed by atoms with Gasteiger partial charge < -0.3 is 19.5 Å². The van der Waals surface area contributed by atoms with Gasteiger partial charge in [0.15, 0.2) is 5.69 Å². The van der Waals surface area contributed by atoms with Crippen LogP contribution >= 0.6 is 27.3 Å². The number of aromatic nitrogens is 2. The Morgan fingerprint density at radius 2 is 1.84 bits per heavy atom. The normalized spacial score (nSPS) is 12.5. The van der Waals surface area contributed by atoms with E-state index in [1.54, 1.807) is 60.9 Å². The lowest BCUT2D eigenvalue weighted by Gasteiger charge is -2.20. The highest BCUT2D eigenvalue weighted by molar-refractivity contribution is 9.10. The highest BCUT2D eigenvalue weighted by atomic mass is 79.9. The van der Waals surface area contributed by atoms with Crippen LogP contribution in [0.5, 0.6) is 5.75 Å². The summed E-state index contributed by atoms with van der Waals surface area (Å²) in [6.07, 6.45) is 1.87. The Labute approximate surface area is 272 Å². The van der Waals surface area contributed by atoms with Gasteiger partial charge in [0, 0.05) is 50.8 Å². The van der Waals surface area contributed by atoms with Crippen molar-refractivity contribution in [2.75, 3.05) is 19.0 Å². The van der Waals surface area contributed by atoms with Crippen molar-refractivity contribution in [2.24, 2.45) is 0 Å². The second kappa shape index (κ2) is 11.8. The van der Waals surface area contributed by atoms with Gasteiger partial charge in [0.05, 0.1) is 29.4 Å². The summed E-state index contributed by atoms with van der Waals surface area (Å²) in [5.41, 5.74) is 4.40. The number of aryl methyl sites for hydroxylation is 1. The van der Waals surface area contributed by atoms with Crippen molar-refractivity contribution in [3.63, 3.8) is 0 Å². The molecule has 0 atom stereocenters. The first kappa shape index (κ1) is 30.5. The molecule has 0 fully saturated rings. The summed E-state index contributed by atoms with van der Waals surface area (Å²) in [6.45, 7) is 7.69. The van der Waals surface area contributed by atoms with E-state index in [1.807, 2.05) is 32.2 Å². The quantitative estimate of drug-likeness (QED) is 0.190. The first-order valence-electron chi connectivity index (χ1n) is 14.2. The maximum atomic E-state index is 14.2. The number of anilines is 1. The van der Waals surface area contributed by atoms with Crippen molar-refractivity contribution >= 4 is 61.8 Å². The molecule has 3 aromatic heterocycles. The van der Waals surface area contributed by atoms with Crippen molar-refractivity contribution in [3.05, 3.63) is 87.1 Å². The largest absolute Gasteiger partial charge is 0.493 e. The van der Waals surface area contributed by atoms with Crippen LogP contribution in [-0.2, 0) is 15.9 Å². The van der Waals surface area contributed by atoms with E-state index in [0.717, 1.165) is 22.4 Å². The van der Waals surface area contributed by atoms with Crippen LogP contribution in [0.1, 0.15) is 52.9 Å². The second-order valence-corrected chi connectivity index (χ2v) is 13.3. The van der Waals surface area contributed by atoms with Gasteiger partial charge in [-0.25, -0.2) is 14.6 Å². The van der Waals surface area contributed by atoms with E-state index in [2.05, 4.69) is 32.3 Å². The number of nitrogens with zero attached hydrogens (tertiary/aromatic N) is 2. The Hall–Kier alpha value is -4.48. The Morgan fingerprint density at radius 3 is 2.60 bits per heavy atom. The number of fused-ring (bicyclic) bond motifs is 4. The summed E-state index contributed by atoms with van der Waals surface area (Å²) >= 11 is 5.22. The van der Waals surface area contributed by atoms with Crippen molar-refractivity contribution in [1.29, 1.82) is 0 Å². The molecule has 1 aliphatic rings. The highest BCUT2D eigenvalue weighted by Crippen LogP contribution is 2.43. The van der Waals surface area contributed by atoms with Crippen LogP contribution in [0.15, 0.2) is 64.6 Å². The number of carbonyl (C=O) groups excluding carboxylic acids is 3. The number of ether oxygens (including phenoxy) is 3. The molecular weight excluding hydrogens is 658 g/mol. The molecule has 2 aromatic carbocycles. The van der Waals surface area contributed by atoms with Crippen molar-refractivity contribution in [2.45, 2.75) is 39.7 Å². The van der Waals surface area contributed by atoms with Gasteiger partial charge in [-0.2, -0.15) is 0 Å². The summed E-state index contributed by atoms with van der Waals surface area (Å²) in [7, 11) is 1.30. The number of rotatable bonds is 4. The van der Waals surface area contributed by atoms with E-state index in [1.165, 1.54) is 11.7 Å². The zero-order chi connectivity index (χ0) is 32.0. The average molecular weight is 689 g/mol. The predicted molar refractivity (Wildman–Crippen MR) is 177 cm³/mol. The van der Waals surface area contributed by atoms with Crippen LogP contribution in [0.2, 0.25) is 0 Å². The third-order valence-electron chi connectivity index (χ3n) is 7.33. The van der Waals surface area contributed by atoms with Crippen LogP contribution in [0.3, 0.4) is 0 Å². The molecule has 1 amide bonds. The van der Waals surface area contributed by atoms with Gasteiger partial charge in [-0.3, -0.25) is 9.36 Å². The molecule has 0 aliphatic carbocycles. The molecule has 0 unspecified atom stereocenters. The molecule has 1 aliphatic heterocycles. The molecule has 1 N–H and O–H groups in total. The van der Waals surface area contributed by atoms with E-state index < -0.39 is 23.6 Å². The Bertz CT molecular complexity index is 2010. The number of benzene rings is 2. The van der Waals surface area contributed by atoms with Gasteiger partial charge >= 0.3 is 12.1 Å². The number of nitrogens with one attached hydrogen (secondary N) is 1. The van der Waals surface area contributed by atoms with Gasteiger partial charge in [-0.15, -0.1) is 11.3 Å². The van der Waals surface area contributed by atoms with Crippen LogP contribution < -0.4 is 10.1 Å². The maximum absolute atomic E-state index is 14.2. The Balaban J connectivity index is 1.46. The van der Waals surface area contributed by atoms with Crippen LogP contribution in [0.25, 0.3) is 32.5 Å². The van der Waals surface area contributed by atoms with Crippen LogP contribution in [-0.4, -0.2) is 46.8 Å². The van der Waals surface area contributed by atoms with Gasteiger partial charge in [0.1, 0.15) is 11.4 Å². The third kappa shape index (κ3) is 5.85. The van der Waals surface area contributed by atoms with Crippen molar-refractivity contribution in [1.82, 2.24) is 9.55 Å². The van der Waals surface area contributed by atoms with E-state index in [-0.39, 0.29) is 5.69 Å². The smallest absolute Gasteiger partial charge is 0.418 e. The summed E-state index contributed by atoms with van der Waals surface area (Å²) < 4.78 is 18.8. The minimum absolute atomic E-state index is 0.100. The van der Waals surface area contributed by atoms with E-state index >= 15 is 0 Å². The van der Waals surface area contributed by atoms with E-state index in [4.69, 9.17) is 14.2 Å². The molecule has 0 radical (unpaired) electrons. The standard InChI is InChI=1S/C34H30BrN3O6S/c1-18-6-7-20(29(36-18)32(40)42-5)22-17-27-24(30-19(11-14-43-27)12-15-45-30)16-23(22)31(39)37-25-8-9-26-21(28(25)35)10-13-38(26)33(41)44-34(2,3)4/h6-10,12-13,15-17H,11,14H2,1-5H3,(H,37,39). The number of amides is 1. The molecule has 0 saturated heterocycles. The number of methoxy groups -OCH3 is 1. The fraction of sp³-hybridized carbons (Fsp3) is 0.235. The lowest BCUT2D eigenvalue weighted by atomic mass is 9.93. The van der Waals surface area contributed by atoms with E-state index in [9.17, 15) is 14.4 Å². The first-order valence-corrected chi connectivity index (χ1v) is 15.9. The first-order chi connectivity index (χ1) is 21.4.